The van der Waals surface area contributed by atoms with E-state index >= 15 is 0 Å². The number of anilines is 2. The van der Waals surface area contributed by atoms with Gasteiger partial charge in [-0.25, -0.2) is 4.90 Å². The van der Waals surface area contributed by atoms with Crippen molar-refractivity contribution in [2.45, 2.75) is 0 Å². The molecule has 1 aromatic heterocycles. The lowest BCUT2D eigenvalue weighted by Gasteiger charge is -2.15. The third kappa shape index (κ3) is 3.43. The molecule has 0 saturated carbocycles. The Morgan fingerprint density at radius 2 is 1.87 bits per heavy atom. The first kappa shape index (κ1) is 19.7. The minimum absolute atomic E-state index is 0.160. The van der Waals surface area contributed by atoms with Gasteiger partial charge in [-0.2, -0.15) is 5.26 Å². The van der Waals surface area contributed by atoms with Gasteiger partial charge in [0.25, 0.3) is 11.8 Å². The number of hydrogen-bond acceptors (Lipinski definition) is 6. The monoisotopic (exact) mass is 435 g/mol. The number of carbonyl (C=O) groups excluding carboxylic acids is 2. The van der Waals surface area contributed by atoms with Crippen LogP contribution in [0.25, 0.3) is 5.57 Å². The summed E-state index contributed by atoms with van der Waals surface area (Å²) >= 11 is 7.57. The highest BCUT2D eigenvalue weighted by atomic mass is 35.5. The molecule has 0 atom stereocenters. The third-order valence-corrected chi connectivity index (χ3v) is 5.71. The number of ether oxygens (including phenoxy) is 1. The lowest BCUT2D eigenvalue weighted by molar-refractivity contribution is -0.120. The van der Waals surface area contributed by atoms with E-state index in [4.69, 9.17) is 21.6 Å². The van der Waals surface area contributed by atoms with Gasteiger partial charge in [-0.1, -0.05) is 17.7 Å². The van der Waals surface area contributed by atoms with Crippen LogP contribution in [-0.2, 0) is 9.59 Å². The molecule has 0 spiro atoms. The average Bonchev–Trinajstić information content (AvgIpc) is 3.35. The van der Waals surface area contributed by atoms with Crippen LogP contribution in [0.5, 0.6) is 5.75 Å². The maximum Gasteiger partial charge on any atom is 0.282 e. The van der Waals surface area contributed by atoms with Gasteiger partial charge in [0.15, 0.2) is 0 Å². The van der Waals surface area contributed by atoms with Crippen molar-refractivity contribution in [2.75, 3.05) is 17.3 Å². The standard InChI is InChI=1S/C22H14ClN3O3S/c1-29-17-9-6-14(11-16(17)23)25-20-19(18-3-2-10-30-18)21(27)26(22(20)28)15-7-4-13(12-24)5-8-15/h2-11,25H,1H3. The molecule has 0 saturated heterocycles. The van der Waals surface area contributed by atoms with E-state index in [9.17, 15) is 9.59 Å². The zero-order valence-corrected chi connectivity index (χ0v) is 17.3. The normalized spacial score (nSPS) is 13.6. The number of benzene rings is 2. The number of methoxy groups -OCH3 is 1. The lowest BCUT2D eigenvalue weighted by atomic mass is 10.1. The summed E-state index contributed by atoms with van der Waals surface area (Å²) in [5.74, 6) is -0.419. The highest BCUT2D eigenvalue weighted by Crippen LogP contribution is 2.36. The van der Waals surface area contributed by atoms with E-state index in [1.807, 2.05) is 17.5 Å². The molecule has 1 aliphatic rings. The number of nitrogens with one attached hydrogen (secondary N) is 1. The minimum Gasteiger partial charge on any atom is -0.495 e. The molecule has 6 nitrogen and oxygen atoms in total. The summed E-state index contributed by atoms with van der Waals surface area (Å²) in [6, 6.07) is 16.9. The van der Waals surface area contributed by atoms with Crippen molar-refractivity contribution in [2.24, 2.45) is 0 Å². The SMILES string of the molecule is COc1ccc(NC2=C(c3cccs3)C(=O)N(c3ccc(C#N)cc3)C2=O)cc1Cl. The Hall–Kier alpha value is -3.60. The topological polar surface area (TPSA) is 82.4 Å². The Bertz CT molecular complexity index is 1210. The summed E-state index contributed by atoms with van der Waals surface area (Å²) in [4.78, 5) is 28.3. The fourth-order valence-corrected chi connectivity index (χ4v) is 4.13. The van der Waals surface area contributed by atoms with Crippen molar-refractivity contribution in [3.63, 3.8) is 0 Å². The molecular formula is C22H14ClN3O3S. The van der Waals surface area contributed by atoms with Gasteiger partial charge < -0.3 is 10.1 Å². The summed E-state index contributed by atoms with van der Waals surface area (Å²) in [7, 11) is 1.51. The van der Waals surface area contributed by atoms with Crippen LogP contribution in [0.4, 0.5) is 11.4 Å². The van der Waals surface area contributed by atoms with Crippen LogP contribution in [0, 0.1) is 11.3 Å². The molecule has 1 N–H and O–H groups in total. The van der Waals surface area contributed by atoms with Gasteiger partial charge in [-0.3, -0.25) is 9.59 Å². The fraction of sp³-hybridized carbons (Fsp3) is 0.0455. The molecule has 2 aromatic carbocycles. The van der Waals surface area contributed by atoms with Crippen molar-refractivity contribution < 1.29 is 14.3 Å². The Morgan fingerprint density at radius 3 is 2.47 bits per heavy atom. The predicted molar refractivity (Wildman–Crippen MR) is 117 cm³/mol. The molecule has 30 heavy (non-hydrogen) atoms. The number of nitrogens with zero attached hydrogens (tertiary/aromatic N) is 2. The van der Waals surface area contributed by atoms with Crippen molar-refractivity contribution >= 4 is 51.7 Å². The number of rotatable bonds is 5. The maximum absolute atomic E-state index is 13.3. The smallest absolute Gasteiger partial charge is 0.282 e. The molecule has 0 radical (unpaired) electrons. The van der Waals surface area contributed by atoms with Gasteiger partial charge in [0.05, 0.1) is 35.0 Å². The molecule has 0 aliphatic carbocycles. The Labute approximate surface area is 181 Å². The molecule has 1 aliphatic heterocycles. The number of halogens is 1. The molecular weight excluding hydrogens is 422 g/mol. The predicted octanol–water partition coefficient (Wildman–Crippen LogP) is 4.68. The van der Waals surface area contributed by atoms with Crippen LogP contribution in [-0.4, -0.2) is 18.9 Å². The summed E-state index contributed by atoms with van der Waals surface area (Å²) in [5, 5.41) is 14.3. The highest BCUT2D eigenvalue weighted by Gasteiger charge is 2.40. The van der Waals surface area contributed by atoms with Gasteiger partial charge in [-0.05, 0) is 53.9 Å². The van der Waals surface area contributed by atoms with Gasteiger partial charge in [0, 0.05) is 10.6 Å². The molecule has 0 bridgehead atoms. The van der Waals surface area contributed by atoms with E-state index < -0.39 is 11.8 Å². The number of carbonyl (C=O) groups is 2. The zero-order valence-electron chi connectivity index (χ0n) is 15.7. The number of imide groups is 1. The van der Waals surface area contributed by atoms with Gasteiger partial charge in [-0.15, -0.1) is 11.3 Å². The third-order valence-electron chi connectivity index (χ3n) is 4.53. The van der Waals surface area contributed by atoms with Gasteiger partial charge >= 0.3 is 0 Å². The molecule has 8 heteroatoms. The largest absolute Gasteiger partial charge is 0.495 e. The molecule has 4 rings (SSSR count). The average molecular weight is 436 g/mol. The molecule has 148 valence electrons. The van der Waals surface area contributed by atoms with Crippen molar-refractivity contribution in [3.05, 3.63) is 81.1 Å². The molecule has 3 aromatic rings. The van der Waals surface area contributed by atoms with Crippen LogP contribution >= 0.6 is 22.9 Å². The summed E-state index contributed by atoms with van der Waals surface area (Å²) in [5.41, 5.74) is 1.82. The maximum atomic E-state index is 13.3. The summed E-state index contributed by atoms with van der Waals surface area (Å²) < 4.78 is 5.16. The Balaban J connectivity index is 1.76. The second-order valence-corrected chi connectivity index (χ2v) is 7.66. The van der Waals surface area contributed by atoms with Crippen LogP contribution in [0.15, 0.2) is 65.7 Å². The van der Waals surface area contributed by atoms with Crippen LogP contribution in [0.3, 0.4) is 0 Å². The van der Waals surface area contributed by atoms with Crippen LogP contribution in [0.2, 0.25) is 5.02 Å². The van der Waals surface area contributed by atoms with Crippen molar-refractivity contribution in [3.8, 4) is 11.8 Å². The highest BCUT2D eigenvalue weighted by molar-refractivity contribution is 7.11. The van der Waals surface area contributed by atoms with E-state index in [2.05, 4.69) is 5.32 Å². The van der Waals surface area contributed by atoms with Crippen LogP contribution in [0.1, 0.15) is 10.4 Å². The van der Waals surface area contributed by atoms with E-state index in [-0.39, 0.29) is 11.3 Å². The molecule has 0 fully saturated rings. The first-order valence-corrected chi connectivity index (χ1v) is 10.1. The van der Waals surface area contributed by atoms with Gasteiger partial charge in [0.2, 0.25) is 0 Å². The van der Waals surface area contributed by atoms with Crippen LogP contribution < -0.4 is 15.0 Å². The number of hydrogen-bond donors (Lipinski definition) is 1. The molecule has 2 heterocycles. The molecule has 0 unspecified atom stereocenters. The minimum atomic E-state index is -0.486. The number of amides is 2. The first-order chi connectivity index (χ1) is 14.5. The number of nitriles is 1. The Morgan fingerprint density at radius 1 is 1.10 bits per heavy atom. The Kier molecular flexibility index (Phi) is 5.27. The van der Waals surface area contributed by atoms with E-state index in [1.165, 1.54) is 18.4 Å². The quantitative estimate of drug-likeness (QED) is 0.588. The van der Waals surface area contributed by atoms with Gasteiger partial charge in [0.1, 0.15) is 11.4 Å². The second-order valence-electron chi connectivity index (χ2n) is 6.31. The summed E-state index contributed by atoms with van der Waals surface area (Å²) in [6.45, 7) is 0. The second kappa shape index (κ2) is 8.03. The number of thiophene rings is 1. The van der Waals surface area contributed by atoms with E-state index in [0.29, 0.717) is 32.6 Å². The van der Waals surface area contributed by atoms with E-state index in [1.54, 1.807) is 48.5 Å². The molecule has 2 amide bonds. The first-order valence-electron chi connectivity index (χ1n) is 8.81. The summed E-state index contributed by atoms with van der Waals surface area (Å²) in [6.07, 6.45) is 0. The lowest BCUT2D eigenvalue weighted by Crippen LogP contribution is -2.32. The van der Waals surface area contributed by atoms with Crippen molar-refractivity contribution in [1.82, 2.24) is 0 Å². The van der Waals surface area contributed by atoms with E-state index in [0.717, 1.165) is 4.90 Å². The van der Waals surface area contributed by atoms with Crippen molar-refractivity contribution in [1.29, 1.82) is 5.26 Å². The zero-order chi connectivity index (χ0) is 21.3. The fourth-order valence-electron chi connectivity index (χ4n) is 3.10.